The molecule has 3 aromatic carbocycles. The van der Waals surface area contributed by atoms with Gasteiger partial charge in [-0.05, 0) is 52.3 Å². The zero-order valence-electron chi connectivity index (χ0n) is 18.4. The molecule has 3 N–H and O–H groups in total. The van der Waals surface area contributed by atoms with Crippen LogP contribution in [0, 0.1) is 0 Å². The Bertz CT molecular complexity index is 996. The van der Waals surface area contributed by atoms with Crippen molar-refractivity contribution in [1.29, 1.82) is 0 Å². The van der Waals surface area contributed by atoms with E-state index in [1.807, 2.05) is 12.1 Å². The number of rotatable bonds is 6. The topological polar surface area (TPSA) is 79.2 Å². The number of benzene rings is 3. The molecule has 1 aliphatic heterocycles. The van der Waals surface area contributed by atoms with Gasteiger partial charge in [0, 0.05) is 0 Å². The number of aliphatic hydroxyl groups excluding tert-OH is 3. The van der Waals surface area contributed by atoms with E-state index in [0.29, 0.717) is 11.7 Å². The third-order valence-electron chi connectivity index (χ3n) is 5.90. The summed E-state index contributed by atoms with van der Waals surface area (Å²) in [5, 5.41) is 29.3. The highest BCUT2D eigenvalue weighted by molar-refractivity contribution is 5.64. The van der Waals surface area contributed by atoms with Gasteiger partial charge in [0.1, 0.15) is 24.1 Å². The fourth-order valence-corrected chi connectivity index (χ4v) is 3.81. The standard InChI is InChI=1S/C27H30O5/c1-17(2)20-7-3-18(4-8-20)15-19-5-9-21(10-6-19)22-11-13-23(14-12-22)32-27-26(30)25(29)24(28)16-31-27/h3-14,17,24-30H,15-16H2,1-2H3/t24-,25-,26+,27+/m0/s1. The average Bonchev–Trinajstić information content (AvgIpc) is 2.81. The SMILES string of the molecule is CC(C)c1ccc(Cc2ccc(-c3ccc(O[C@H]4OC[C@H](O)[C@H](O)[C@H]4O)cc3)cc2)cc1. The van der Waals surface area contributed by atoms with Crippen LogP contribution < -0.4 is 4.74 Å². The first-order valence-corrected chi connectivity index (χ1v) is 11.0. The summed E-state index contributed by atoms with van der Waals surface area (Å²) in [5.41, 5.74) is 6.06. The van der Waals surface area contributed by atoms with E-state index in [9.17, 15) is 15.3 Å². The second-order valence-corrected chi connectivity index (χ2v) is 8.66. The number of hydrogen-bond donors (Lipinski definition) is 3. The molecule has 168 valence electrons. The second kappa shape index (κ2) is 9.84. The molecule has 1 fully saturated rings. The molecule has 0 aliphatic carbocycles. The molecule has 1 heterocycles. The van der Waals surface area contributed by atoms with Gasteiger partial charge in [0.05, 0.1) is 6.61 Å². The Morgan fingerprint density at radius 1 is 0.781 bits per heavy atom. The highest BCUT2D eigenvalue weighted by Gasteiger charge is 2.38. The van der Waals surface area contributed by atoms with E-state index in [2.05, 4.69) is 62.4 Å². The lowest BCUT2D eigenvalue weighted by Gasteiger charge is -2.34. The van der Waals surface area contributed by atoms with Gasteiger partial charge >= 0.3 is 0 Å². The molecule has 0 amide bonds. The van der Waals surface area contributed by atoms with Gasteiger partial charge in [-0.25, -0.2) is 0 Å². The third kappa shape index (κ3) is 5.19. The highest BCUT2D eigenvalue weighted by atomic mass is 16.7. The summed E-state index contributed by atoms with van der Waals surface area (Å²) in [6.45, 7) is 4.32. The van der Waals surface area contributed by atoms with Crippen LogP contribution in [0.25, 0.3) is 11.1 Å². The summed E-state index contributed by atoms with van der Waals surface area (Å²) in [5.74, 6) is 1.06. The molecule has 5 heteroatoms. The fourth-order valence-electron chi connectivity index (χ4n) is 3.81. The van der Waals surface area contributed by atoms with Gasteiger partial charge in [-0.1, -0.05) is 74.5 Å². The molecule has 0 aromatic heterocycles. The molecular formula is C27H30O5. The van der Waals surface area contributed by atoms with Gasteiger partial charge < -0.3 is 24.8 Å². The van der Waals surface area contributed by atoms with E-state index in [1.165, 1.54) is 16.7 Å². The maximum atomic E-state index is 10.0. The van der Waals surface area contributed by atoms with Gasteiger partial charge in [-0.2, -0.15) is 0 Å². The zero-order valence-corrected chi connectivity index (χ0v) is 18.4. The lowest BCUT2D eigenvalue weighted by Crippen LogP contribution is -2.54. The molecule has 0 saturated carbocycles. The van der Waals surface area contributed by atoms with Crippen LogP contribution in [-0.4, -0.2) is 46.5 Å². The van der Waals surface area contributed by atoms with E-state index in [0.717, 1.165) is 17.5 Å². The van der Waals surface area contributed by atoms with Crippen molar-refractivity contribution in [2.45, 2.75) is 50.8 Å². The third-order valence-corrected chi connectivity index (χ3v) is 5.90. The zero-order chi connectivity index (χ0) is 22.7. The normalized spacial score (nSPS) is 23.3. The minimum absolute atomic E-state index is 0.0881. The average molecular weight is 435 g/mol. The molecule has 0 spiro atoms. The Morgan fingerprint density at radius 3 is 1.88 bits per heavy atom. The second-order valence-electron chi connectivity index (χ2n) is 8.66. The molecular weight excluding hydrogens is 404 g/mol. The quantitative estimate of drug-likeness (QED) is 0.549. The lowest BCUT2D eigenvalue weighted by atomic mass is 9.97. The molecule has 4 rings (SSSR count). The Balaban J connectivity index is 1.38. The van der Waals surface area contributed by atoms with Crippen LogP contribution in [0.4, 0.5) is 0 Å². The molecule has 5 nitrogen and oxygen atoms in total. The van der Waals surface area contributed by atoms with Crippen molar-refractivity contribution < 1.29 is 24.8 Å². The summed E-state index contributed by atoms with van der Waals surface area (Å²) in [4.78, 5) is 0. The Labute approximate surface area is 188 Å². The molecule has 32 heavy (non-hydrogen) atoms. The number of ether oxygens (including phenoxy) is 2. The molecule has 1 aliphatic rings. The summed E-state index contributed by atoms with van der Waals surface area (Å²) in [6.07, 6.45) is -3.84. The van der Waals surface area contributed by atoms with Crippen molar-refractivity contribution in [3.63, 3.8) is 0 Å². The monoisotopic (exact) mass is 434 g/mol. The summed E-state index contributed by atoms with van der Waals surface area (Å²) >= 11 is 0. The van der Waals surface area contributed by atoms with Gasteiger partial charge in [0.15, 0.2) is 0 Å². The smallest absolute Gasteiger partial charge is 0.228 e. The molecule has 4 atom stereocenters. The molecule has 0 unspecified atom stereocenters. The van der Waals surface area contributed by atoms with Crippen LogP contribution in [0.5, 0.6) is 5.75 Å². The first-order valence-electron chi connectivity index (χ1n) is 11.0. The predicted octanol–water partition coefficient (Wildman–Crippen LogP) is 3.89. The van der Waals surface area contributed by atoms with Crippen molar-refractivity contribution >= 4 is 0 Å². The van der Waals surface area contributed by atoms with Crippen molar-refractivity contribution in [3.8, 4) is 16.9 Å². The first-order chi connectivity index (χ1) is 15.4. The highest BCUT2D eigenvalue weighted by Crippen LogP contribution is 2.26. The van der Waals surface area contributed by atoms with Crippen LogP contribution in [0.15, 0.2) is 72.8 Å². The predicted molar refractivity (Wildman–Crippen MR) is 124 cm³/mol. The Hall–Kier alpha value is -2.70. The van der Waals surface area contributed by atoms with Crippen LogP contribution in [0.3, 0.4) is 0 Å². The largest absolute Gasteiger partial charge is 0.462 e. The summed E-state index contributed by atoms with van der Waals surface area (Å²) in [7, 11) is 0. The fraction of sp³-hybridized carbons (Fsp3) is 0.333. The first kappa shape index (κ1) is 22.5. The maximum absolute atomic E-state index is 10.0. The van der Waals surface area contributed by atoms with Crippen molar-refractivity contribution in [1.82, 2.24) is 0 Å². The van der Waals surface area contributed by atoms with Gasteiger partial charge in [0.25, 0.3) is 0 Å². The number of hydrogen-bond acceptors (Lipinski definition) is 5. The maximum Gasteiger partial charge on any atom is 0.228 e. The molecule has 1 saturated heterocycles. The van der Waals surface area contributed by atoms with E-state index < -0.39 is 24.6 Å². The Morgan fingerprint density at radius 2 is 1.31 bits per heavy atom. The summed E-state index contributed by atoms with van der Waals surface area (Å²) in [6, 6.07) is 24.8. The van der Waals surface area contributed by atoms with Crippen LogP contribution in [0.2, 0.25) is 0 Å². The minimum atomic E-state index is -1.31. The van der Waals surface area contributed by atoms with Crippen molar-refractivity contribution in [2.24, 2.45) is 0 Å². The van der Waals surface area contributed by atoms with Crippen molar-refractivity contribution in [3.05, 3.63) is 89.5 Å². The van der Waals surface area contributed by atoms with Crippen LogP contribution in [-0.2, 0) is 11.2 Å². The Kier molecular flexibility index (Phi) is 6.92. The minimum Gasteiger partial charge on any atom is -0.462 e. The van der Waals surface area contributed by atoms with E-state index in [4.69, 9.17) is 9.47 Å². The molecule has 0 bridgehead atoms. The summed E-state index contributed by atoms with van der Waals surface area (Å²) < 4.78 is 10.9. The number of aliphatic hydroxyl groups is 3. The molecule has 3 aromatic rings. The van der Waals surface area contributed by atoms with Crippen LogP contribution in [0.1, 0.15) is 36.5 Å². The molecule has 0 radical (unpaired) electrons. The van der Waals surface area contributed by atoms with Crippen molar-refractivity contribution in [2.75, 3.05) is 6.61 Å². The van der Waals surface area contributed by atoms with E-state index >= 15 is 0 Å². The lowest BCUT2D eigenvalue weighted by molar-refractivity contribution is -0.242. The van der Waals surface area contributed by atoms with Crippen LogP contribution >= 0.6 is 0 Å². The van der Waals surface area contributed by atoms with E-state index in [1.54, 1.807) is 12.1 Å². The van der Waals surface area contributed by atoms with E-state index in [-0.39, 0.29) is 6.61 Å². The van der Waals surface area contributed by atoms with Gasteiger partial charge in [0.2, 0.25) is 6.29 Å². The van der Waals surface area contributed by atoms with Gasteiger partial charge in [-0.15, -0.1) is 0 Å². The van der Waals surface area contributed by atoms with Gasteiger partial charge in [-0.3, -0.25) is 0 Å².